The molecule has 0 unspecified atom stereocenters. The number of carbonyl (C=O) groups is 1. The number of para-hydroxylation sites is 1. The summed E-state index contributed by atoms with van der Waals surface area (Å²) >= 11 is 0. The van der Waals surface area contributed by atoms with Crippen LogP contribution in [0.5, 0.6) is 0 Å². The normalized spacial score (nSPS) is 23.3. The summed E-state index contributed by atoms with van der Waals surface area (Å²) in [5, 5.41) is 4.68. The van der Waals surface area contributed by atoms with Crippen molar-refractivity contribution in [3.8, 4) is 0 Å². The number of nitrogens with zero attached hydrogens (tertiary/aromatic N) is 1. The van der Waals surface area contributed by atoms with E-state index in [9.17, 15) is 4.79 Å². The van der Waals surface area contributed by atoms with Crippen LogP contribution in [0.4, 0.5) is 0 Å². The molecule has 3 aliphatic heterocycles. The van der Waals surface area contributed by atoms with E-state index in [2.05, 4.69) is 39.5 Å². The van der Waals surface area contributed by atoms with Crippen LogP contribution in [0.1, 0.15) is 36.9 Å². The van der Waals surface area contributed by atoms with Gasteiger partial charge in [-0.2, -0.15) is 0 Å². The van der Waals surface area contributed by atoms with Gasteiger partial charge in [-0.3, -0.25) is 4.79 Å². The Labute approximate surface area is 154 Å². The van der Waals surface area contributed by atoms with Crippen LogP contribution in [0.3, 0.4) is 0 Å². The number of amides is 1. The first-order valence-electron chi connectivity index (χ1n) is 10.0. The molecule has 2 N–H and O–H groups in total. The second kappa shape index (κ2) is 6.39. The van der Waals surface area contributed by atoms with E-state index in [1.54, 1.807) is 0 Å². The third-order valence-corrected chi connectivity index (χ3v) is 6.57. The average Bonchev–Trinajstić information content (AvgIpc) is 3.09. The summed E-state index contributed by atoms with van der Waals surface area (Å²) in [5.74, 6) is 0.565. The molecule has 0 aliphatic carbocycles. The molecule has 3 aliphatic rings. The molecule has 2 fully saturated rings. The van der Waals surface area contributed by atoms with Crippen molar-refractivity contribution < 1.29 is 9.53 Å². The number of hydrogen-bond acceptors (Lipinski definition) is 3. The predicted molar refractivity (Wildman–Crippen MR) is 101 cm³/mol. The monoisotopic (exact) mass is 353 g/mol. The van der Waals surface area contributed by atoms with E-state index in [0.29, 0.717) is 5.91 Å². The number of hydrogen-bond donors (Lipinski definition) is 2. The third kappa shape index (κ3) is 2.57. The highest BCUT2D eigenvalue weighted by molar-refractivity contribution is 5.85. The van der Waals surface area contributed by atoms with Crippen LogP contribution in [0.25, 0.3) is 10.9 Å². The van der Waals surface area contributed by atoms with Crippen molar-refractivity contribution in [1.29, 1.82) is 0 Å². The Balaban J connectivity index is 1.37. The molecule has 0 saturated carbocycles. The number of piperidine rings is 2. The number of rotatable bonds is 1. The molecule has 2 aromatic rings. The molecule has 26 heavy (non-hydrogen) atoms. The zero-order valence-corrected chi connectivity index (χ0v) is 15.2. The van der Waals surface area contributed by atoms with E-state index in [1.807, 2.05) is 0 Å². The molecule has 5 rings (SSSR count). The lowest BCUT2D eigenvalue weighted by Crippen LogP contribution is -2.50. The molecule has 0 radical (unpaired) electrons. The molecule has 1 aromatic carbocycles. The summed E-state index contributed by atoms with van der Waals surface area (Å²) in [4.78, 5) is 18.6. The van der Waals surface area contributed by atoms with Crippen LogP contribution in [-0.2, 0) is 21.6 Å². The van der Waals surface area contributed by atoms with Crippen molar-refractivity contribution >= 4 is 16.8 Å². The van der Waals surface area contributed by atoms with Gasteiger partial charge in [0.1, 0.15) is 5.60 Å². The highest BCUT2D eigenvalue weighted by atomic mass is 16.5. The summed E-state index contributed by atoms with van der Waals surface area (Å²) in [6.45, 7) is 4.32. The van der Waals surface area contributed by atoms with Gasteiger partial charge in [0.05, 0.1) is 12.3 Å². The number of ether oxygens (including phenoxy) is 1. The Morgan fingerprint density at radius 2 is 1.92 bits per heavy atom. The van der Waals surface area contributed by atoms with Crippen LogP contribution < -0.4 is 5.32 Å². The van der Waals surface area contributed by atoms with E-state index >= 15 is 0 Å². The lowest BCUT2D eigenvalue weighted by Gasteiger charge is -2.44. The maximum absolute atomic E-state index is 12.9. The molecule has 5 heteroatoms. The van der Waals surface area contributed by atoms with Gasteiger partial charge in [-0.05, 0) is 56.8 Å². The smallest absolute Gasteiger partial charge is 0.225 e. The van der Waals surface area contributed by atoms with Crippen molar-refractivity contribution in [2.24, 2.45) is 5.92 Å². The second-order valence-corrected chi connectivity index (χ2v) is 7.97. The van der Waals surface area contributed by atoms with Crippen LogP contribution in [0.15, 0.2) is 24.3 Å². The van der Waals surface area contributed by atoms with Crippen LogP contribution in [0, 0.1) is 5.92 Å². The quantitative estimate of drug-likeness (QED) is 0.828. The van der Waals surface area contributed by atoms with Gasteiger partial charge in [0.25, 0.3) is 0 Å². The number of likely N-dealkylation sites (tertiary alicyclic amines) is 1. The molecule has 0 atom stereocenters. The van der Waals surface area contributed by atoms with Gasteiger partial charge in [-0.1, -0.05) is 18.2 Å². The largest absolute Gasteiger partial charge is 0.368 e. The zero-order chi connectivity index (χ0) is 17.6. The van der Waals surface area contributed by atoms with Crippen molar-refractivity contribution in [2.45, 2.75) is 37.7 Å². The number of carbonyl (C=O) groups excluding carboxylic acids is 1. The Kier molecular flexibility index (Phi) is 4.02. The minimum absolute atomic E-state index is 0.209. The molecule has 2 saturated heterocycles. The third-order valence-electron chi connectivity index (χ3n) is 6.57. The molecule has 0 bridgehead atoms. The van der Waals surface area contributed by atoms with E-state index < -0.39 is 0 Å². The van der Waals surface area contributed by atoms with Crippen molar-refractivity contribution in [3.63, 3.8) is 0 Å². The summed E-state index contributed by atoms with van der Waals surface area (Å²) in [7, 11) is 0. The highest BCUT2D eigenvalue weighted by Gasteiger charge is 2.44. The van der Waals surface area contributed by atoms with E-state index in [-0.39, 0.29) is 11.5 Å². The topological polar surface area (TPSA) is 57.4 Å². The molecule has 1 amide bonds. The van der Waals surface area contributed by atoms with E-state index in [0.717, 1.165) is 64.9 Å². The Hall–Kier alpha value is -1.85. The summed E-state index contributed by atoms with van der Waals surface area (Å²) in [6.07, 6.45) is 4.71. The minimum Gasteiger partial charge on any atom is -0.368 e. The number of aromatic amines is 1. The average molecular weight is 353 g/mol. The molecule has 1 aromatic heterocycles. The van der Waals surface area contributed by atoms with Gasteiger partial charge in [-0.25, -0.2) is 0 Å². The summed E-state index contributed by atoms with van der Waals surface area (Å²) in [5.41, 5.74) is 3.65. The second-order valence-electron chi connectivity index (χ2n) is 7.97. The van der Waals surface area contributed by atoms with Crippen molar-refractivity contribution in [3.05, 3.63) is 35.5 Å². The molecular weight excluding hydrogens is 326 g/mol. The van der Waals surface area contributed by atoms with Gasteiger partial charge in [-0.15, -0.1) is 0 Å². The molecule has 138 valence electrons. The number of fused-ring (bicyclic) bond motifs is 4. The van der Waals surface area contributed by atoms with Gasteiger partial charge in [0, 0.05) is 29.9 Å². The SMILES string of the molecule is O=C(C1CCNCC1)N1CCC2(CC1)OCCc1c2[nH]c2ccccc12. The van der Waals surface area contributed by atoms with Gasteiger partial charge in [0.2, 0.25) is 5.91 Å². The minimum atomic E-state index is -0.239. The van der Waals surface area contributed by atoms with E-state index in [4.69, 9.17) is 4.74 Å². The van der Waals surface area contributed by atoms with Crippen LogP contribution in [-0.4, -0.2) is 48.6 Å². The first-order chi connectivity index (χ1) is 12.8. The van der Waals surface area contributed by atoms with Crippen molar-refractivity contribution in [1.82, 2.24) is 15.2 Å². The molecule has 5 nitrogen and oxygen atoms in total. The predicted octanol–water partition coefficient (Wildman–Crippen LogP) is 2.56. The number of H-pyrrole nitrogens is 1. The summed E-state index contributed by atoms with van der Waals surface area (Å²) < 4.78 is 6.36. The summed E-state index contributed by atoms with van der Waals surface area (Å²) in [6, 6.07) is 8.55. The van der Waals surface area contributed by atoms with Gasteiger partial charge in [0.15, 0.2) is 0 Å². The maximum atomic E-state index is 12.9. The maximum Gasteiger partial charge on any atom is 0.225 e. The molecule has 1 spiro atoms. The van der Waals surface area contributed by atoms with E-state index in [1.165, 1.54) is 22.2 Å². The van der Waals surface area contributed by atoms with Gasteiger partial charge >= 0.3 is 0 Å². The highest BCUT2D eigenvalue weighted by Crippen LogP contribution is 2.43. The standard InChI is InChI=1S/C21H27N3O2/c25-20(15-5-10-22-11-6-15)24-12-8-21(9-13-24)19-17(7-14-26-21)16-3-1-2-4-18(16)23-19/h1-4,15,22-23H,5-14H2. The van der Waals surface area contributed by atoms with Crippen molar-refractivity contribution in [2.75, 3.05) is 32.8 Å². The Bertz CT molecular complexity index is 814. The van der Waals surface area contributed by atoms with Crippen LogP contribution in [0.2, 0.25) is 0 Å². The van der Waals surface area contributed by atoms with Crippen LogP contribution >= 0.6 is 0 Å². The number of benzene rings is 1. The first kappa shape index (κ1) is 16.3. The fourth-order valence-corrected chi connectivity index (χ4v) is 5.08. The Morgan fingerprint density at radius 3 is 2.73 bits per heavy atom. The number of aromatic nitrogens is 1. The fraction of sp³-hybridized carbons (Fsp3) is 0.571. The fourth-order valence-electron chi connectivity index (χ4n) is 5.08. The molecular formula is C21H27N3O2. The lowest BCUT2D eigenvalue weighted by atomic mass is 9.82. The lowest BCUT2D eigenvalue weighted by molar-refractivity contribution is -0.145. The zero-order valence-electron chi connectivity index (χ0n) is 15.2. The first-order valence-corrected chi connectivity index (χ1v) is 10.0. The van der Waals surface area contributed by atoms with Gasteiger partial charge < -0.3 is 19.9 Å². The Morgan fingerprint density at radius 1 is 1.15 bits per heavy atom. The number of nitrogens with one attached hydrogen (secondary N) is 2. The molecule has 4 heterocycles.